The molecule has 0 spiro atoms. The molecular formula is C8H9ClFNO. The highest BCUT2D eigenvalue weighted by Crippen LogP contribution is 2.19. The Balaban J connectivity index is 3.19. The van der Waals surface area contributed by atoms with Gasteiger partial charge in [0, 0.05) is 6.54 Å². The first-order chi connectivity index (χ1) is 5.69. The molecule has 0 aromatic heterocycles. The van der Waals surface area contributed by atoms with Crippen LogP contribution in [-0.2, 0) is 13.2 Å². The summed E-state index contributed by atoms with van der Waals surface area (Å²) in [6.45, 7) is 0.0243. The summed E-state index contributed by atoms with van der Waals surface area (Å²) >= 11 is 5.49. The third kappa shape index (κ3) is 1.75. The van der Waals surface area contributed by atoms with Gasteiger partial charge >= 0.3 is 0 Å². The molecule has 0 saturated carbocycles. The zero-order valence-corrected chi connectivity index (χ0v) is 7.11. The maximum absolute atomic E-state index is 12.8. The molecule has 0 saturated heterocycles. The average molecular weight is 190 g/mol. The van der Waals surface area contributed by atoms with Crippen LogP contribution in [0.4, 0.5) is 4.39 Å². The van der Waals surface area contributed by atoms with Gasteiger partial charge < -0.3 is 10.8 Å². The number of nitrogens with two attached hydrogens (primary N) is 1. The van der Waals surface area contributed by atoms with Gasteiger partial charge in [0.25, 0.3) is 0 Å². The minimum atomic E-state index is -0.505. The molecule has 4 heteroatoms. The second-order valence-electron chi connectivity index (χ2n) is 2.40. The number of aliphatic hydroxyl groups excluding tert-OH is 1. The fraction of sp³-hybridized carbons (Fsp3) is 0.250. The van der Waals surface area contributed by atoms with E-state index >= 15 is 0 Å². The van der Waals surface area contributed by atoms with Gasteiger partial charge in [-0.25, -0.2) is 4.39 Å². The lowest BCUT2D eigenvalue weighted by atomic mass is 10.1. The van der Waals surface area contributed by atoms with Crippen molar-refractivity contribution in [3.63, 3.8) is 0 Å². The molecular weight excluding hydrogens is 181 g/mol. The first-order valence-electron chi connectivity index (χ1n) is 3.46. The second kappa shape index (κ2) is 3.85. The highest BCUT2D eigenvalue weighted by Gasteiger charge is 2.05. The maximum atomic E-state index is 12.8. The molecule has 0 aliphatic heterocycles. The number of hydrogen-bond donors (Lipinski definition) is 2. The van der Waals surface area contributed by atoms with E-state index in [-0.39, 0.29) is 18.2 Å². The van der Waals surface area contributed by atoms with E-state index in [9.17, 15) is 4.39 Å². The molecule has 0 radical (unpaired) electrons. The van der Waals surface area contributed by atoms with Gasteiger partial charge in [0.05, 0.1) is 11.6 Å². The van der Waals surface area contributed by atoms with Crippen molar-refractivity contribution in [2.24, 2.45) is 5.73 Å². The van der Waals surface area contributed by atoms with Gasteiger partial charge in [0.1, 0.15) is 5.82 Å². The van der Waals surface area contributed by atoms with Crippen LogP contribution in [-0.4, -0.2) is 5.11 Å². The molecule has 1 rings (SSSR count). The molecule has 0 unspecified atom stereocenters. The lowest BCUT2D eigenvalue weighted by molar-refractivity contribution is 0.280. The highest BCUT2D eigenvalue weighted by atomic mass is 35.5. The smallest absolute Gasteiger partial charge is 0.142 e. The predicted octanol–water partition coefficient (Wildman–Crippen LogP) is 1.43. The van der Waals surface area contributed by atoms with Crippen LogP contribution < -0.4 is 5.73 Å². The highest BCUT2D eigenvalue weighted by molar-refractivity contribution is 6.30. The summed E-state index contributed by atoms with van der Waals surface area (Å²) in [5.41, 5.74) is 6.48. The molecule has 1 aromatic rings. The predicted molar refractivity (Wildman–Crippen MR) is 45.2 cm³/mol. The van der Waals surface area contributed by atoms with Crippen LogP contribution in [0.25, 0.3) is 0 Å². The standard InChI is InChI=1S/C8H9ClFNO/c9-7-1-6(4-12)5(3-11)2-8(7)10/h1-2,12H,3-4,11H2. The van der Waals surface area contributed by atoms with Crippen molar-refractivity contribution < 1.29 is 9.50 Å². The fourth-order valence-corrected chi connectivity index (χ4v) is 1.15. The maximum Gasteiger partial charge on any atom is 0.142 e. The molecule has 0 aliphatic carbocycles. The minimum Gasteiger partial charge on any atom is -0.392 e. The Morgan fingerprint density at radius 2 is 2.08 bits per heavy atom. The Bertz CT molecular complexity index is 262. The molecule has 0 aliphatic rings. The zero-order valence-electron chi connectivity index (χ0n) is 6.35. The van der Waals surface area contributed by atoms with Crippen molar-refractivity contribution in [3.05, 3.63) is 34.1 Å². The third-order valence-corrected chi connectivity index (χ3v) is 1.92. The quantitative estimate of drug-likeness (QED) is 0.740. The Hall–Kier alpha value is -0.640. The molecule has 0 heterocycles. The first kappa shape index (κ1) is 9.45. The van der Waals surface area contributed by atoms with E-state index in [1.165, 1.54) is 12.1 Å². The van der Waals surface area contributed by atoms with E-state index in [4.69, 9.17) is 22.4 Å². The van der Waals surface area contributed by atoms with E-state index in [1.807, 2.05) is 0 Å². The van der Waals surface area contributed by atoms with Crippen molar-refractivity contribution in [1.29, 1.82) is 0 Å². The van der Waals surface area contributed by atoms with Crippen LogP contribution in [0.3, 0.4) is 0 Å². The molecule has 12 heavy (non-hydrogen) atoms. The number of halogens is 2. The van der Waals surface area contributed by atoms with Crippen LogP contribution in [0.2, 0.25) is 5.02 Å². The topological polar surface area (TPSA) is 46.2 Å². The normalized spacial score (nSPS) is 10.3. The number of aliphatic hydroxyl groups is 1. The SMILES string of the molecule is NCc1cc(F)c(Cl)cc1CO. The van der Waals surface area contributed by atoms with Crippen molar-refractivity contribution in [3.8, 4) is 0 Å². The molecule has 3 N–H and O–H groups in total. The Morgan fingerprint density at radius 3 is 2.58 bits per heavy atom. The summed E-state index contributed by atoms with van der Waals surface area (Å²) in [6.07, 6.45) is 0. The average Bonchev–Trinajstić information content (AvgIpc) is 2.09. The molecule has 66 valence electrons. The molecule has 0 atom stereocenters. The van der Waals surface area contributed by atoms with Crippen molar-refractivity contribution in [2.45, 2.75) is 13.2 Å². The van der Waals surface area contributed by atoms with E-state index in [0.29, 0.717) is 11.1 Å². The van der Waals surface area contributed by atoms with Crippen molar-refractivity contribution in [2.75, 3.05) is 0 Å². The van der Waals surface area contributed by atoms with Gasteiger partial charge in [-0.2, -0.15) is 0 Å². The summed E-state index contributed by atoms with van der Waals surface area (Å²) in [5, 5.41) is 8.84. The lowest BCUT2D eigenvalue weighted by Crippen LogP contribution is -2.02. The van der Waals surface area contributed by atoms with Crippen LogP contribution in [0.5, 0.6) is 0 Å². The fourth-order valence-electron chi connectivity index (χ4n) is 0.966. The minimum absolute atomic E-state index is 0.0104. The van der Waals surface area contributed by atoms with Gasteiger partial charge in [-0.15, -0.1) is 0 Å². The van der Waals surface area contributed by atoms with Crippen molar-refractivity contribution >= 4 is 11.6 Å². The molecule has 2 nitrogen and oxygen atoms in total. The Labute approximate surface area is 74.8 Å². The van der Waals surface area contributed by atoms with Crippen molar-refractivity contribution in [1.82, 2.24) is 0 Å². The monoisotopic (exact) mass is 189 g/mol. The number of benzene rings is 1. The Kier molecular flexibility index (Phi) is 3.03. The number of rotatable bonds is 2. The summed E-state index contributed by atoms with van der Waals surface area (Å²) in [7, 11) is 0. The first-order valence-corrected chi connectivity index (χ1v) is 3.84. The van der Waals surface area contributed by atoms with Crippen LogP contribution in [0.15, 0.2) is 12.1 Å². The van der Waals surface area contributed by atoms with E-state index < -0.39 is 5.82 Å². The molecule has 0 fully saturated rings. The lowest BCUT2D eigenvalue weighted by Gasteiger charge is -2.05. The van der Waals surface area contributed by atoms with E-state index in [1.54, 1.807) is 0 Å². The van der Waals surface area contributed by atoms with Crippen LogP contribution in [0, 0.1) is 5.82 Å². The largest absolute Gasteiger partial charge is 0.392 e. The third-order valence-electron chi connectivity index (χ3n) is 1.63. The van der Waals surface area contributed by atoms with Gasteiger partial charge in [0.15, 0.2) is 0 Å². The van der Waals surface area contributed by atoms with Gasteiger partial charge in [0.2, 0.25) is 0 Å². The summed E-state index contributed by atoms with van der Waals surface area (Å²) in [6, 6.07) is 2.63. The summed E-state index contributed by atoms with van der Waals surface area (Å²) < 4.78 is 12.8. The zero-order chi connectivity index (χ0) is 9.14. The summed E-state index contributed by atoms with van der Waals surface area (Å²) in [5.74, 6) is -0.505. The summed E-state index contributed by atoms with van der Waals surface area (Å²) in [4.78, 5) is 0. The van der Waals surface area contributed by atoms with Gasteiger partial charge in [-0.3, -0.25) is 0 Å². The van der Waals surface area contributed by atoms with E-state index in [2.05, 4.69) is 0 Å². The van der Waals surface area contributed by atoms with Gasteiger partial charge in [-0.1, -0.05) is 11.6 Å². The molecule has 1 aromatic carbocycles. The second-order valence-corrected chi connectivity index (χ2v) is 2.80. The van der Waals surface area contributed by atoms with E-state index in [0.717, 1.165) is 0 Å². The van der Waals surface area contributed by atoms with Crippen LogP contribution >= 0.6 is 11.6 Å². The Morgan fingerprint density at radius 1 is 1.42 bits per heavy atom. The molecule has 0 bridgehead atoms. The molecule has 0 amide bonds. The van der Waals surface area contributed by atoms with Gasteiger partial charge in [-0.05, 0) is 23.3 Å². The van der Waals surface area contributed by atoms with Crippen LogP contribution in [0.1, 0.15) is 11.1 Å². The number of hydrogen-bond acceptors (Lipinski definition) is 2.